The van der Waals surface area contributed by atoms with Crippen LogP contribution in [0.3, 0.4) is 0 Å². The normalized spacial score (nSPS) is 12.4. The lowest BCUT2D eigenvalue weighted by molar-refractivity contribution is 0.0752. The lowest BCUT2D eigenvalue weighted by Crippen LogP contribution is -2.30. The van der Waals surface area contributed by atoms with Crippen LogP contribution in [0, 0.1) is 0 Å². The number of anilines is 1. The van der Waals surface area contributed by atoms with Crippen LogP contribution >= 0.6 is 0 Å². The Morgan fingerprint density at radius 1 is 0.833 bits per heavy atom. The van der Waals surface area contributed by atoms with E-state index in [1.165, 1.54) is 6.07 Å². The molecular formula is C28H28N2O6. The van der Waals surface area contributed by atoms with E-state index in [4.69, 9.17) is 14.2 Å². The molecule has 186 valence electrons. The van der Waals surface area contributed by atoms with E-state index in [1.54, 1.807) is 61.6 Å². The minimum atomic E-state index is -0.461. The van der Waals surface area contributed by atoms with E-state index in [1.807, 2.05) is 26.0 Å². The number of carbonyl (C=O) groups excluding carboxylic acids is 3. The molecule has 1 aliphatic heterocycles. The summed E-state index contributed by atoms with van der Waals surface area (Å²) in [6.07, 6.45) is 0. The van der Waals surface area contributed by atoms with Gasteiger partial charge in [0.2, 0.25) is 0 Å². The smallest absolute Gasteiger partial charge is 0.266 e. The summed E-state index contributed by atoms with van der Waals surface area (Å²) in [4.78, 5) is 42.3. The van der Waals surface area contributed by atoms with Crippen molar-refractivity contribution < 1.29 is 28.6 Å². The standard InChI is InChI=1S/C28H28N2O6/c1-5-29(17-18-7-14-24(34-3)25(15-18)35-4)26(31)19-8-13-22-23(16-19)28(33)30(27(22)32)20-9-11-21(12-10-20)36-6-2/h7-16H,5-6,17H2,1-4H3. The predicted molar refractivity (Wildman–Crippen MR) is 135 cm³/mol. The summed E-state index contributed by atoms with van der Waals surface area (Å²) in [7, 11) is 3.13. The van der Waals surface area contributed by atoms with Gasteiger partial charge >= 0.3 is 0 Å². The van der Waals surface area contributed by atoms with Gasteiger partial charge in [0.25, 0.3) is 17.7 Å². The average Bonchev–Trinajstić information content (AvgIpc) is 3.16. The number of hydrogen-bond acceptors (Lipinski definition) is 6. The zero-order valence-electron chi connectivity index (χ0n) is 20.7. The second-order valence-electron chi connectivity index (χ2n) is 8.14. The summed E-state index contributed by atoms with van der Waals surface area (Å²) >= 11 is 0. The second-order valence-corrected chi connectivity index (χ2v) is 8.14. The van der Waals surface area contributed by atoms with Crippen molar-refractivity contribution in [3.63, 3.8) is 0 Å². The van der Waals surface area contributed by atoms with Crippen LogP contribution in [-0.4, -0.2) is 50.0 Å². The Bertz CT molecular complexity index is 1300. The molecule has 0 aliphatic carbocycles. The number of methoxy groups -OCH3 is 2. The summed E-state index contributed by atoms with van der Waals surface area (Å²) < 4.78 is 16.1. The van der Waals surface area contributed by atoms with E-state index in [0.717, 1.165) is 10.5 Å². The van der Waals surface area contributed by atoms with Crippen LogP contribution in [0.1, 0.15) is 50.5 Å². The molecule has 36 heavy (non-hydrogen) atoms. The average molecular weight is 489 g/mol. The van der Waals surface area contributed by atoms with Gasteiger partial charge in [0, 0.05) is 18.7 Å². The number of imide groups is 1. The highest BCUT2D eigenvalue weighted by Gasteiger charge is 2.37. The largest absolute Gasteiger partial charge is 0.494 e. The molecule has 0 saturated heterocycles. The van der Waals surface area contributed by atoms with Crippen molar-refractivity contribution in [1.29, 1.82) is 0 Å². The minimum Gasteiger partial charge on any atom is -0.494 e. The quantitative estimate of drug-likeness (QED) is 0.411. The molecule has 0 aromatic heterocycles. The molecule has 1 heterocycles. The number of amides is 3. The van der Waals surface area contributed by atoms with Gasteiger partial charge in [0.05, 0.1) is 37.6 Å². The van der Waals surface area contributed by atoms with Gasteiger partial charge in [-0.1, -0.05) is 6.07 Å². The number of rotatable bonds is 9. The molecule has 0 N–H and O–H groups in total. The Balaban J connectivity index is 1.56. The maximum Gasteiger partial charge on any atom is 0.266 e. The molecule has 3 aromatic rings. The van der Waals surface area contributed by atoms with Crippen LogP contribution in [0.2, 0.25) is 0 Å². The van der Waals surface area contributed by atoms with Gasteiger partial charge in [0.15, 0.2) is 11.5 Å². The molecule has 3 amide bonds. The van der Waals surface area contributed by atoms with Crippen LogP contribution in [0.15, 0.2) is 60.7 Å². The van der Waals surface area contributed by atoms with Crippen molar-refractivity contribution in [1.82, 2.24) is 4.90 Å². The number of fused-ring (bicyclic) bond motifs is 1. The zero-order chi connectivity index (χ0) is 25.8. The first kappa shape index (κ1) is 24.8. The molecule has 0 spiro atoms. The first-order chi connectivity index (χ1) is 17.4. The number of hydrogen-bond donors (Lipinski definition) is 0. The molecule has 0 unspecified atom stereocenters. The van der Waals surface area contributed by atoms with Crippen LogP contribution in [0.25, 0.3) is 0 Å². The molecule has 0 bridgehead atoms. The summed E-state index contributed by atoms with van der Waals surface area (Å²) in [6.45, 7) is 5.08. The Hall–Kier alpha value is -4.33. The summed E-state index contributed by atoms with van der Waals surface area (Å²) in [5, 5.41) is 0. The fourth-order valence-electron chi connectivity index (χ4n) is 4.18. The van der Waals surface area contributed by atoms with E-state index >= 15 is 0 Å². The molecule has 0 radical (unpaired) electrons. The first-order valence-electron chi connectivity index (χ1n) is 11.7. The lowest BCUT2D eigenvalue weighted by Gasteiger charge is -2.22. The third-order valence-corrected chi connectivity index (χ3v) is 6.03. The van der Waals surface area contributed by atoms with Crippen molar-refractivity contribution in [2.75, 3.05) is 32.3 Å². The third kappa shape index (κ3) is 4.62. The predicted octanol–water partition coefficient (Wildman–Crippen LogP) is 4.57. The first-order valence-corrected chi connectivity index (χ1v) is 11.7. The van der Waals surface area contributed by atoms with Crippen molar-refractivity contribution in [2.24, 2.45) is 0 Å². The minimum absolute atomic E-state index is 0.210. The van der Waals surface area contributed by atoms with Gasteiger partial charge in [-0.2, -0.15) is 0 Å². The summed E-state index contributed by atoms with van der Waals surface area (Å²) in [5.74, 6) is 0.714. The van der Waals surface area contributed by atoms with Crippen molar-refractivity contribution in [3.05, 3.63) is 82.9 Å². The topological polar surface area (TPSA) is 85.4 Å². The Kier molecular flexibility index (Phi) is 7.24. The monoisotopic (exact) mass is 488 g/mol. The van der Waals surface area contributed by atoms with Crippen LogP contribution < -0.4 is 19.1 Å². The molecular weight excluding hydrogens is 460 g/mol. The molecule has 8 heteroatoms. The fraction of sp³-hybridized carbons (Fsp3) is 0.250. The Labute approximate surface area is 210 Å². The van der Waals surface area contributed by atoms with Crippen LogP contribution in [0.4, 0.5) is 5.69 Å². The maximum absolute atomic E-state index is 13.3. The van der Waals surface area contributed by atoms with E-state index in [2.05, 4.69) is 0 Å². The van der Waals surface area contributed by atoms with Crippen molar-refractivity contribution >= 4 is 23.4 Å². The third-order valence-electron chi connectivity index (χ3n) is 6.03. The van der Waals surface area contributed by atoms with E-state index < -0.39 is 11.8 Å². The van der Waals surface area contributed by atoms with E-state index in [-0.39, 0.29) is 17.0 Å². The van der Waals surface area contributed by atoms with Crippen LogP contribution in [-0.2, 0) is 6.54 Å². The number of benzene rings is 3. The molecule has 0 fully saturated rings. The number of carbonyl (C=O) groups is 3. The molecule has 8 nitrogen and oxygen atoms in total. The van der Waals surface area contributed by atoms with Crippen LogP contribution in [0.5, 0.6) is 17.2 Å². The number of ether oxygens (including phenoxy) is 3. The van der Waals surface area contributed by atoms with Gasteiger partial charge in [-0.25, -0.2) is 4.90 Å². The zero-order valence-corrected chi connectivity index (χ0v) is 20.7. The Morgan fingerprint density at radius 3 is 2.17 bits per heavy atom. The van der Waals surface area contributed by atoms with Gasteiger partial charge in [-0.15, -0.1) is 0 Å². The molecule has 4 rings (SSSR count). The molecule has 0 atom stereocenters. The Morgan fingerprint density at radius 2 is 1.53 bits per heavy atom. The highest BCUT2D eigenvalue weighted by atomic mass is 16.5. The molecule has 3 aromatic carbocycles. The molecule has 1 aliphatic rings. The lowest BCUT2D eigenvalue weighted by atomic mass is 10.0. The number of nitrogens with zero attached hydrogens (tertiary/aromatic N) is 2. The SMILES string of the molecule is CCOc1ccc(N2C(=O)c3ccc(C(=O)N(CC)Cc4ccc(OC)c(OC)c4)cc3C2=O)cc1. The fourth-order valence-corrected chi connectivity index (χ4v) is 4.18. The maximum atomic E-state index is 13.3. The van der Waals surface area contributed by atoms with Gasteiger partial charge in [0.1, 0.15) is 5.75 Å². The second kappa shape index (κ2) is 10.5. The highest BCUT2D eigenvalue weighted by Crippen LogP contribution is 2.31. The van der Waals surface area contributed by atoms with Gasteiger partial charge in [-0.3, -0.25) is 14.4 Å². The van der Waals surface area contributed by atoms with Gasteiger partial charge < -0.3 is 19.1 Å². The molecule has 0 saturated carbocycles. The van der Waals surface area contributed by atoms with E-state index in [0.29, 0.717) is 48.2 Å². The summed E-state index contributed by atoms with van der Waals surface area (Å²) in [5.41, 5.74) is 2.14. The van der Waals surface area contributed by atoms with Gasteiger partial charge in [-0.05, 0) is 74.0 Å². The summed E-state index contributed by atoms with van der Waals surface area (Å²) in [6, 6.07) is 16.9. The van der Waals surface area contributed by atoms with Crippen molar-refractivity contribution in [3.8, 4) is 17.2 Å². The van der Waals surface area contributed by atoms with Crippen molar-refractivity contribution in [2.45, 2.75) is 20.4 Å². The van der Waals surface area contributed by atoms with E-state index in [9.17, 15) is 14.4 Å². The highest BCUT2D eigenvalue weighted by molar-refractivity contribution is 6.34.